The van der Waals surface area contributed by atoms with Gasteiger partial charge in [0.2, 0.25) is 0 Å². The lowest BCUT2D eigenvalue weighted by Gasteiger charge is -2.22. The van der Waals surface area contributed by atoms with Crippen LogP contribution in [0.5, 0.6) is 0 Å². The maximum Gasteiger partial charge on any atom is 0.255 e. The number of nitrogens with zero attached hydrogens (tertiary/aromatic N) is 3. The van der Waals surface area contributed by atoms with Crippen LogP contribution in [0.3, 0.4) is 0 Å². The predicted octanol–water partition coefficient (Wildman–Crippen LogP) is 1.96. The molecule has 0 bridgehead atoms. The number of hydrogen-bond acceptors (Lipinski definition) is 5. The number of aromatic nitrogens is 1. The van der Waals surface area contributed by atoms with Crippen LogP contribution < -0.4 is 0 Å². The summed E-state index contributed by atoms with van der Waals surface area (Å²) in [5, 5.41) is 0. The van der Waals surface area contributed by atoms with Crippen LogP contribution in [-0.2, 0) is 11.3 Å². The molecule has 2 aromatic rings. The zero-order valence-electron chi connectivity index (χ0n) is 14.4. The van der Waals surface area contributed by atoms with Crippen molar-refractivity contribution in [2.45, 2.75) is 19.6 Å². The van der Waals surface area contributed by atoms with Crippen LogP contribution in [-0.4, -0.2) is 59.6 Å². The van der Waals surface area contributed by atoms with Gasteiger partial charge < -0.3 is 14.1 Å². The molecule has 6 heteroatoms. The molecule has 0 aliphatic carbocycles. The number of ether oxygens (including phenoxy) is 1. The van der Waals surface area contributed by atoms with E-state index >= 15 is 0 Å². The molecule has 4 heterocycles. The average molecular weight is 341 g/mol. The van der Waals surface area contributed by atoms with Gasteiger partial charge in [-0.15, -0.1) is 0 Å². The summed E-state index contributed by atoms with van der Waals surface area (Å²) in [5.41, 5.74) is 2.74. The molecule has 2 aliphatic heterocycles. The van der Waals surface area contributed by atoms with Crippen LogP contribution in [0.2, 0.25) is 0 Å². The number of hydrogen-bond donors (Lipinski definition) is 0. The molecule has 2 aromatic heterocycles. The highest BCUT2D eigenvalue weighted by Crippen LogP contribution is 2.25. The molecular weight excluding hydrogens is 318 g/mol. The second-order valence-corrected chi connectivity index (χ2v) is 6.93. The largest absolute Gasteiger partial charge is 0.472 e. The van der Waals surface area contributed by atoms with Crippen LogP contribution in [0.4, 0.5) is 0 Å². The summed E-state index contributed by atoms with van der Waals surface area (Å²) in [7, 11) is 0. The van der Waals surface area contributed by atoms with Crippen LogP contribution >= 0.6 is 0 Å². The Labute approximate surface area is 147 Å². The van der Waals surface area contributed by atoms with Crippen molar-refractivity contribution < 1.29 is 13.9 Å². The number of likely N-dealkylation sites (tertiary alicyclic amines) is 1. The first-order chi connectivity index (χ1) is 12.2. The summed E-state index contributed by atoms with van der Waals surface area (Å²) in [5.74, 6) is 0.391. The van der Waals surface area contributed by atoms with E-state index in [1.54, 1.807) is 18.7 Å². The van der Waals surface area contributed by atoms with Crippen molar-refractivity contribution >= 4 is 5.91 Å². The summed E-state index contributed by atoms with van der Waals surface area (Å²) in [6.07, 6.45) is 5.28. The van der Waals surface area contributed by atoms with Crippen LogP contribution in [0.25, 0.3) is 0 Å². The van der Waals surface area contributed by atoms with E-state index in [9.17, 15) is 4.79 Å². The van der Waals surface area contributed by atoms with Gasteiger partial charge in [0.15, 0.2) is 0 Å². The van der Waals surface area contributed by atoms with Crippen LogP contribution in [0, 0.1) is 12.8 Å². The Morgan fingerprint density at radius 1 is 1.28 bits per heavy atom. The third kappa shape index (κ3) is 3.60. The van der Waals surface area contributed by atoms with Gasteiger partial charge >= 0.3 is 0 Å². The quantitative estimate of drug-likeness (QED) is 0.854. The van der Waals surface area contributed by atoms with Crippen molar-refractivity contribution in [3.63, 3.8) is 0 Å². The zero-order valence-corrected chi connectivity index (χ0v) is 14.4. The molecule has 2 aliphatic rings. The number of aryl methyl sites for hydroxylation is 1. The Hall–Kier alpha value is -2.18. The smallest absolute Gasteiger partial charge is 0.255 e. The average Bonchev–Trinajstić information content (AvgIpc) is 3.22. The summed E-state index contributed by atoms with van der Waals surface area (Å²) >= 11 is 0. The number of amides is 1. The van der Waals surface area contributed by atoms with E-state index in [4.69, 9.17) is 9.15 Å². The summed E-state index contributed by atoms with van der Waals surface area (Å²) in [6.45, 7) is 6.73. The van der Waals surface area contributed by atoms with Gasteiger partial charge in [-0.2, -0.15) is 0 Å². The lowest BCUT2D eigenvalue weighted by molar-refractivity contribution is 0.0483. The van der Waals surface area contributed by atoms with Gasteiger partial charge in [-0.3, -0.25) is 14.7 Å². The third-order valence-corrected chi connectivity index (χ3v) is 5.04. The van der Waals surface area contributed by atoms with E-state index in [0.29, 0.717) is 24.6 Å². The fraction of sp³-hybridized carbons (Fsp3) is 0.474. The minimum absolute atomic E-state index is 0.0468. The zero-order chi connectivity index (χ0) is 17.2. The monoisotopic (exact) mass is 341 g/mol. The van der Waals surface area contributed by atoms with Gasteiger partial charge in [0.1, 0.15) is 0 Å². The van der Waals surface area contributed by atoms with Crippen LogP contribution in [0.15, 0.2) is 41.3 Å². The van der Waals surface area contributed by atoms with E-state index in [-0.39, 0.29) is 12.0 Å². The van der Waals surface area contributed by atoms with Crippen molar-refractivity contribution in [2.75, 3.05) is 32.8 Å². The number of fused-ring (bicyclic) bond motifs is 1. The summed E-state index contributed by atoms with van der Waals surface area (Å²) in [4.78, 5) is 21.3. The molecule has 132 valence electrons. The molecule has 0 radical (unpaired) electrons. The van der Waals surface area contributed by atoms with Gasteiger partial charge in [-0.05, 0) is 25.1 Å². The molecule has 2 fully saturated rings. The molecule has 25 heavy (non-hydrogen) atoms. The SMILES string of the molecule is Cc1ccc(C(=O)N2C[C@@H]3CN(Cc4ccoc4)CCO[C@@H]3C2)cn1. The second kappa shape index (κ2) is 6.98. The summed E-state index contributed by atoms with van der Waals surface area (Å²) in [6, 6.07) is 5.73. The first-order valence-electron chi connectivity index (χ1n) is 8.76. The molecule has 0 aromatic carbocycles. The lowest BCUT2D eigenvalue weighted by Crippen LogP contribution is -2.33. The number of pyridine rings is 1. The lowest BCUT2D eigenvalue weighted by atomic mass is 10.1. The van der Waals surface area contributed by atoms with E-state index in [0.717, 1.165) is 31.9 Å². The minimum Gasteiger partial charge on any atom is -0.472 e. The topological polar surface area (TPSA) is 58.8 Å². The second-order valence-electron chi connectivity index (χ2n) is 6.93. The normalized spacial score (nSPS) is 24.1. The molecular formula is C19H23N3O3. The Bertz CT molecular complexity index is 714. The van der Waals surface area contributed by atoms with Crippen LogP contribution in [0.1, 0.15) is 21.6 Å². The van der Waals surface area contributed by atoms with Crippen molar-refractivity contribution in [1.29, 1.82) is 0 Å². The van der Waals surface area contributed by atoms with E-state index in [1.807, 2.05) is 30.0 Å². The maximum absolute atomic E-state index is 12.7. The number of carbonyl (C=O) groups is 1. The van der Waals surface area contributed by atoms with Crippen molar-refractivity contribution in [3.8, 4) is 0 Å². The molecule has 2 atom stereocenters. The fourth-order valence-corrected chi connectivity index (χ4v) is 3.69. The van der Waals surface area contributed by atoms with Gasteiger partial charge in [0, 0.05) is 56.1 Å². The standard InChI is InChI=1S/C19H23N3O3/c1-14-2-3-16(8-20-14)19(23)22-11-17-10-21(5-7-25-18(17)12-22)9-15-4-6-24-13-15/h2-4,6,8,13,17-18H,5,7,9-12H2,1H3/t17-,18+/m0/s1. The van der Waals surface area contributed by atoms with Crippen molar-refractivity contribution in [3.05, 3.63) is 53.7 Å². The summed E-state index contributed by atoms with van der Waals surface area (Å²) < 4.78 is 11.2. The van der Waals surface area contributed by atoms with E-state index < -0.39 is 0 Å². The molecule has 1 amide bonds. The molecule has 6 nitrogen and oxygen atoms in total. The Morgan fingerprint density at radius 3 is 2.96 bits per heavy atom. The first-order valence-corrected chi connectivity index (χ1v) is 8.76. The Kier molecular flexibility index (Phi) is 4.55. The van der Waals surface area contributed by atoms with Crippen molar-refractivity contribution in [1.82, 2.24) is 14.8 Å². The third-order valence-electron chi connectivity index (χ3n) is 5.04. The molecule has 0 unspecified atom stereocenters. The predicted molar refractivity (Wildman–Crippen MR) is 92.1 cm³/mol. The molecule has 0 spiro atoms. The fourth-order valence-electron chi connectivity index (χ4n) is 3.69. The van der Waals surface area contributed by atoms with E-state index in [1.165, 1.54) is 5.56 Å². The number of rotatable bonds is 3. The Balaban J connectivity index is 1.41. The molecule has 0 N–H and O–H groups in total. The number of carbonyl (C=O) groups excluding carboxylic acids is 1. The van der Waals surface area contributed by atoms with Gasteiger partial charge in [-0.25, -0.2) is 0 Å². The van der Waals surface area contributed by atoms with Gasteiger partial charge in [0.25, 0.3) is 5.91 Å². The first kappa shape index (κ1) is 16.3. The van der Waals surface area contributed by atoms with Crippen molar-refractivity contribution in [2.24, 2.45) is 5.92 Å². The number of furan rings is 1. The molecule has 2 saturated heterocycles. The van der Waals surface area contributed by atoms with E-state index in [2.05, 4.69) is 9.88 Å². The molecule has 0 saturated carbocycles. The highest BCUT2D eigenvalue weighted by Gasteiger charge is 2.38. The Morgan fingerprint density at radius 2 is 2.20 bits per heavy atom. The maximum atomic E-state index is 12.7. The van der Waals surface area contributed by atoms with Gasteiger partial charge in [0.05, 0.1) is 30.8 Å². The molecule has 4 rings (SSSR count). The minimum atomic E-state index is 0.0468. The van der Waals surface area contributed by atoms with Gasteiger partial charge in [-0.1, -0.05) is 0 Å². The highest BCUT2D eigenvalue weighted by molar-refractivity contribution is 5.94. The highest BCUT2D eigenvalue weighted by atomic mass is 16.5.